The minimum atomic E-state index is 0.0186. The largest absolute Gasteiger partial charge is 0.324 e. The number of nitrogens with two attached hydrogens (primary N) is 1. The van der Waals surface area contributed by atoms with Gasteiger partial charge in [0.1, 0.15) is 5.69 Å². The van der Waals surface area contributed by atoms with Crippen molar-refractivity contribution in [2.24, 2.45) is 5.73 Å². The van der Waals surface area contributed by atoms with Crippen LogP contribution in [0.4, 0.5) is 0 Å². The maximum atomic E-state index is 5.64. The van der Waals surface area contributed by atoms with E-state index in [4.69, 9.17) is 12.2 Å². The van der Waals surface area contributed by atoms with Crippen molar-refractivity contribution in [3.63, 3.8) is 0 Å². The molecule has 1 atom stereocenters. The van der Waals surface area contributed by atoms with Gasteiger partial charge in [0.25, 0.3) is 0 Å². The van der Waals surface area contributed by atoms with Crippen LogP contribution in [0.25, 0.3) is 0 Å². The highest BCUT2D eigenvalue weighted by atomic mass is 14.7. The van der Waals surface area contributed by atoms with Crippen LogP contribution in [0.2, 0.25) is 0 Å². The lowest BCUT2D eigenvalue weighted by Crippen LogP contribution is -2.05. The summed E-state index contributed by atoms with van der Waals surface area (Å²) in [6.07, 6.45) is 6.84. The van der Waals surface area contributed by atoms with Gasteiger partial charge in [-0.3, -0.25) is 0 Å². The van der Waals surface area contributed by atoms with E-state index in [9.17, 15) is 0 Å². The molecule has 1 heterocycles. The first-order valence-electron chi connectivity index (χ1n) is 3.42. The molecule has 0 saturated carbocycles. The smallest absolute Gasteiger partial charge is 0.113 e. The zero-order valence-electron chi connectivity index (χ0n) is 6.41. The lowest BCUT2D eigenvalue weighted by atomic mass is 10.1. The van der Waals surface area contributed by atoms with Crippen LogP contribution in [0.5, 0.6) is 0 Å². The summed E-state index contributed by atoms with van der Waals surface area (Å²) < 4.78 is 0. The lowest BCUT2D eigenvalue weighted by Gasteiger charge is -2.03. The van der Waals surface area contributed by atoms with E-state index in [-0.39, 0.29) is 6.04 Å². The van der Waals surface area contributed by atoms with E-state index >= 15 is 0 Å². The molecular formula is C9H10N2. The van der Waals surface area contributed by atoms with Gasteiger partial charge in [-0.05, 0) is 24.6 Å². The standard InChI is InChI=1S/C9H10N2/c1-3-9-6-8(7(2)10)4-5-11-9/h1,4-7H,10H2,2H3/t7-/m0/s1. The van der Waals surface area contributed by atoms with Crippen LogP contribution in [0.15, 0.2) is 18.3 Å². The van der Waals surface area contributed by atoms with Gasteiger partial charge < -0.3 is 5.73 Å². The van der Waals surface area contributed by atoms with Crippen molar-refractivity contribution >= 4 is 0 Å². The molecule has 2 N–H and O–H groups in total. The first-order chi connectivity index (χ1) is 5.24. The second-order valence-corrected chi connectivity index (χ2v) is 2.41. The van der Waals surface area contributed by atoms with Crippen molar-refractivity contribution in [2.45, 2.75) is 13.0 Å². The Morgan fingerprint density at radius 1 is 1.73 bits per heavy atom. The number of nitrogens with zero attached hydrogens (tertiary/aromatic N) is 1. The highest BCUT2D eigenvalue weighted by Gasteiger charge is 1.98. The molecular weight excluding hydrogens is 136 g/mol. The van der Waals surface area contributed by atoms with Crippen LogP contribution in [0, 0.1) is 12.3 Å². The monoisotopic (exact) mass is 146 g/mol. The first kappa shape index (κ1) is 7.77. The SMILES string of the molecule is C#Cc1cc([C@H](C)N)ccn1. The van der Waals surface area contributed by atoms with E-state index in [2.05, 4.69) is 10.9 Å². The molecule has 0 unspecified atom stereocenters. The Morgan fingerprint density at radius 2 is 2.45 bits per heavy atom. The summed E-state index contributed by atoms with van der Waals surface area (Å²) in [5.74, 6) is 2.46. The Morgan fingerprint density at radius 3 is 3.00 bits per heavy atom. The normalized spacial score (nSPS) is 12.1. The summed E-state index contributed by atoms with van der Waals surface area (Å²) >= 11 is 0. The third-order valence-electron chi connectivity index (χ3n) is 1.46. The van der Waals surface area contributed by atoms with E-state index in [0.717, 1.165) is 5.56 Å². The Bertz CT molecular complexity index is 284. The summed E-state index contributed by atoms with van der Waals surface area (Å²) in [6, 6.07) is 3.71. The van der Waals surface area contributed by atoms with Crippen molar-refractivity contribution in [3.05, 3.63) is 29.6 Å². The van der Waals surface area contributed by atoms with Gasteiger partial charge in [0.05, 0.1) is 0 Å². The summed E-state index contributed by atoms with van der Waals surface area (Å²) in [4.78, 5) is 3.95. The van der Waals surface area contributed by atoms with Gasteiger partial charge in [-0.2, -0.15) is 0 Å². The van der Waals surface area contributed by atoms with Crippen LogP contribution < -0.4 is 5.73 Å². The Balaban J connectivity index is 3.03. The molecule has 0 saturated heterocycles. The second-order valence-electron chi connectivity index (χ2n) is 2.41. The molecule has 0 fully saturated rings. The second kappa shape index (κ2) is 3.18. The lowest BCUT2D eigenvalue weighted by molar-refractivity contribution is 0.814. The quantitative estimate of drug-likeness (QED) is 0.602. The van der Waals surface area contributed by atoms with Crippen LogP contribution in [0.3, 0.4) is 0 Å². The van der Waals surface area contributed by atoms with Crippen molar-refractivity contribution in [3.8, 4) is 12.3 Å². The van der Waals surface area contributed by atoms with Gasteiger partial charge in [0.2, 0.25) is 0 Å². The number of terminal acetylenes is 1. The summed E-state index contributed by atoms with van der Waals surface area (Å²) in [7, 11) is 0. The van der Waals surface area contributed by atoms with E-state index in [1.807, 2.05) is 19.1 Å². The molecule has 0 radical (unpaired) electrons. The average Bonchev–Trinajstić information content (AvgIpc) is 2.05. The maximum Gasteiger partial charge on any atom is 0.113 e. The minimum absolute atomic E-state index is 0.0186. The van der Waals surface area contributed by atoms with Gasteiger partial charge in [0.15, 0.2) is 0 Å². The van der Waals surface area contributed by atoms with Gasteiger partial charge in [-0.1, -0.05) is 5.92 Å². The van der Waals surface area contributed by atoms with Crippen LogP contribution in [-0.4, -0.2) is 4.98 Å². The minimum Gasteiger partial charge on any atom is -0.324 e. The fraction of sp³-hybridized carbons (Fsp3) is 0.222. The molecule has 1 aromatic rings. The van der Waals surface area contributed by atoms with Gasteiger partial charge in [-0.25, -0.2) is 4.98 Å². The molecule has 0 bridgehead atoms. The number of hydrogen-bond acceptors (Lipinski definition) is 2. The molecule has 2 heteroatoms. The molecule has 0 aliphatic rings. The van der Waals surface area contributed by atoms with Gasteiger partial charge in [0, 0.05) is 12.2 Å². The molecule has 1 aromatic heterocycles. The molecule has 0 spiro atoms. The Hall–Kier alpha value is -1.33. The van der Waals surface area contributed by atoms with E-state index in [0.29, 0.717) is 5.69 Å². The predicted molar refractivity (Wildman–Crippen MR) is 44.8 cm³/mol. The van der Waals surface area contributed by atoms with Crippen molar-refractivity contribution in [1.82, 2.24) is 4.98 Å². The van der Waals surface area contributed by atoms with E-state index in [1.165, 1.54) is 0 Å². The molecule has 11 heavy (non-hydrogen) atoms. The van der Waals surface area contributed by atoms with Crippen molar-refractivity contribution in [1.29, 1.82) is 0 Å². The molecule has 0 aliphatic carbocycles. The highest BCUT2D eigenvalue weighted by molar-refractivity contribution is 5.29. The zero-order chi connectivity index (χ0) is 8.27. The molecule has 56 valence electrons. The third-order valence-corrected chi connectivity index (χ3v) is 1.46. The fourth-order valence-corrected chi connectivity index (χ4v) is 0.809. The topological polar surface area (TPSA) is 38.9 Å². The number of pyridine rings is 1. The highest BCUT2D eigenvalue weighted by Crippen LogP contribution is 2.08. The van der Waals surface area contributed by atoms with Crippen LogP contribution in [0.1, 0.15) is 24.2 Å². The van der Waals surface area contributed by atoms with E-state index in [1.54, 1.807) is 6.20 Å². The average molecular weight is 146 g/mol. The Labute approximate surface area is 66.4 Å². The number of aromatic nitrogens is 1. The predicted octanol–water partition coefficient (Wildman–Crippen LogP) is 1.08. The molecule has 0 amide bonds. The summed E-state index contributed by atoms with van der Waals surface area (Å²) in [5, 5.41) is 0. The Kier molecular flexibility index (Phi) is 2.25. The molecule has 0 aromatic carbocycles. The van der Waals surface area contributed by atoms with Gasteiger partial charge >= 0.3 is 0 Å². The van der Waals surface area contributed by atoms with Crippen molar-refractivity contribution in [2.75, 3.05) is 0 Å². The van der Waals surface area contributed by atoms with Crippen molar-refractivity contribution < 1.29 is 0 Å². The molecule has 2 nitrogen and oxygen atoms in total. The van der Waals surface area contributed by atoms with E-state index < -0.39 is 0 Å². The summed E-state index contributed by atoms with van der Waals surface area (Å²) in [6.45, 7) is 1.91. The molecule has 1 rings (SSSR count). The zero-order valence-corrected chi connectivity index (χ0v) is 6.41. The summed E-state index contributed by atoms with van der Waals surface area (Å²) in [5.41, 5.74) is 7.30. The number of rotatable bonds is 1. The molecule has 0 aliphatic heterocycles. The first-order valence-corrected chi connectivity index (χ1v) is 3.42. The number of hydrogen-bond donors (Lipinski definition) is 1. The third kappa shape index (κ3) is 1.79. The van der Waals surface area contributed by atoms with Crippen LogP contribution in [-0.2, 0) is 0 Å². The fourth-order valence-electron chi connectivity index (χ4n) is 0.809. The maximum absolute atomic E-state index is 5.64. The van der Waals surface area contributed by atoms with Crippen LogP contribution >= 0.6 is 0 Å². The van der Waals surface area contributed by atoms with Gasteiger partial charge in [-0.15, -0.1) is 6.42 Å².